The van der Waals surface area contributed by atoms with Gasteiger partial charge in [-0.3, -0.25) is 0 Å². The zero-order chi connectivity index (χ0) is 10.4. The van der Waals surface area contributed by atoms with E-state index in [1.54, 1.807) is 0 Å². The van der Waals surface area contributed by atoms with E-state index in [-0.39, 0.29) is 0 Å². The molecule has 0 N–H and O–H groups in total. The van der Waals surface area contributed by atoms with Gasteiger partial charge in [-0.15, -0.1) is 0 Å². The molecule has 1 aromatic carbocycles. The van der Waals surface area contributed by atoms with Crippen LogP contribution in [0.5, 0.6) is 0 Å². The molecule has 0 radical (unpaired) electrons. The summed E-state index contributed by atoms with van der Waals surface area (Å²) in [6, 6.07) is 9.76. The van der Waals surface area contributed by atoms with Crippen molar-refractivity contribution in [2.75, 3.05) is 0 Å². The second-order valence-electron chi connectivity index (χ2n) is 2.94. The van der Waals surface area contributed by atoms with Crippen LogP contribution in [0.4, 0.5) is 0 Å². The molecule has 3 heteroatoms. The van der Waals surface area contributed by atoms with Crippen LogP contribution >= 0.6 is 0 Å². The van der Waals surface area contributed by atoms with Crippen LogP contribution in [-0.2, 0) is 10.3 Å². The largest absolute Gasteiger partial charge is 0.209 e. The van der Waals surface area contributed by atoms with Crippen LogP contribution in [0, 0.1) is 0 Å². The number of hydrogen-bond acceptors (Lipinski definition) is 2. The van der Waals surface area contributed by atoms with E-state index in [4.69, 9.17) is 0 Å². The van der Waals surface area contributed by atoms with Crippen molar-refractivity contribution < 1.29 is 8.42 Å². The first kappa shape index (κ1) is 10.7. The number of hydrogen-bond donors (Lipinski definition) is 0. The highest BCUT2D eigenvalue weighted by Gasteiger charge is 1.95. The van der Waals surface area contributed by atoms with Crippen molar-refractivity contribution in [3.63, 3.8) is 0 Å². The van der Waals surface area contributed by atoms with Gasteiger partial charge in [0.1, 0.15) is 0 Å². The summed E-state index contributed by atoms with van der Waals surface area (Å²) in [6.07, 6.45) is 1.20. The third kappa shape index (κ3) is 3.58. The fourth-order valence-electron chi connectivity index (χ4n) is 1.15. The first-order valence-electron chi connectivity index (χ1n) is 4.35. The van der Waals surface area contributed by atoms with E-state index in [0.29, 0.717) is 12.8 Å². The summed E-state index contributed by atoms with van der Waals surface area (Å²) >= 11 is 0. The van der Waals surface area contributed by atoms with Crippen LogP contribution in [-0.4, -0.2) is 13.8 Å². The van der Waals surface area contributed by atoms with E-state index in [2.05, 4.69) is 6.58 Å². The molecule has 0 spiro atoms. The molecule has 0 aliphatic carbocycles. The highest BCUT2D eigenvalue weighted by molar-refractivity contribution is 7.71. The van der Waals surface area contributed by atoms with Crippen LogP contribution < -0.4 is 0 Å². The molecule has 74 valence electrons. The van der Waals surface area contributed by atoms with Gasteiger partial charge >= 0.3 is 0 Å². The molecular weight excluding hydrogens is 196 g/mol. The van der Waals surface area contributed by atoms with Crippen LogP contribution in [0.1, 0.15) is 18.4 Å². The van der Waals surface area contributed by atoms with Crippen molar-refractivity contribution in [3.8, 4) is 0 Å². The van der Waals surface area contributed by atoms with E-state index >= 15 is 0 Å². The minimum Gasteiger partial charge on any atom is -0.185 e. The van der Waals surface area contributed by atoms with Crippen LogP contribution in [0.2, 0.25) is 0 Å². The minimum atomic E-state index is -2.05. The summed E-state index contributed by atoms with van der Waals surface area (Å²) in [4.78, 5) is 0. The molecule has 0 fully saturated rings. The third-order valence-corrected chi connectivity index (χ3v) is 2.39. The van der Waals surface area contributed by atoms with Gasteiger partial charge in [-0.1, -0.05) is 36.9 Å². The van der Waals surface area contributed by atoms with E-state index in [1.165, 1.54) is 5.37 Å². The summed E-state index contributed by atoms with van der Waals surface area (Å²) in [5, 5.41) is 1.26. The number of allylic oxidation sites excluding steroid dienone is 1. The van der Waals surface area contributed by atoms with E-state index < -0.39 is 10.3 Å². The van der Waals surface area contributed by atoms with Crippen molar-refractivity contribution in [3.05, 3.63) is 42.5 Å². The van der Waals surface area contributed by atoms with Gasteiger partial charge in [0.2, 0.25) is 10.3 Å². The monoisotopic (exact) mass is 208 g/mol. The fourth-order valence-corrected chi connectivity index (χ4v) is 1.46. The van der Waals surface area contributed by atoms with E-state index in [0.717, 1.165) is 11.1 Å². The van der Waals surface area contributed by atoms with Gasteiger partial charge in [-0.25, -0.2) is 0 Å². The second kappa shape index (κ2) is 5.40. The predicted octanol–water partition coefficient (Wildman–Crippen LogP) is 2.16. The lowest BCUT2D eigenvalue weighted by molar-refractivity contribution is 0.627. The van der Waals surface area contributed by atoms with Gasteiger partial charge in [-0.05, 0) is 24.0 Å². The average molecular weight is 208 g/mol. The zero-order valence-electron chi connectivity index (χ0n) is 7.81. The van der Waals surface area contributed by atoms with Gasteiger partial charge < -0.3 is 0 Å². The van der Waals surface area contributed by atoms with E-state index in [1.807, 2.05) is 30.3 Å². The Hall–Kier alpha value is -1.35. The van der Waals surface area contributed by atoms with Gasteiger partial charge in [0, 0.05) is 5.37 Å². The highest BCUT2D eigenvalue weighted by atomic mass is 32.2. The maximum Gasteiger partial charge on any atom is 0.209 e. The third-order valence-electron chi connectivity index (χ3n) is 1.88. The van der Waals surface area contributed by atoms with Crippen LogP contribution in [0.25, 0.3) is 5.57 Å². The van der Waals surface area contributed by atoms with Crippen molar-refractivity contribution in [1.82, 2.24) is 0 Å². The average Bonchev–Trinajstić information content (AvgIpc) is 2.18. The molecule has 0 heterocycles. The first-order chi connectivity index (χ1) is 6.70. The Kier molecular flexibility index (Phi) is 4.13. The lowest BCUT2D eigenvalue weighted by Gasteiger charge is -2.02. The fraction of sp³-hybridized carbons (Fsp3) is 0.182. The number of benzene rings is 1. The molecule has 0 bridgehead atoms. The van der Waals surface area contributed by atoms with Crippen LogP contribution in [0.3, 0.4) is 0 Å². The molecule has 1 aromatic rings. The smallest absolute Gasteiger partial charge is 0.185 e. The molecule has 0 aliphatic rings. The van der Waals surface area contributed by atoms with E-state index in [9.17, 15) is 8.42 Å². The van der Waals surface area contributed by atoms with Gasteiger partial charge in [-0.2, -0.15) is 8.42 Å². The van der Waals surface area contributed by atoms with Crippen molar-refractivity contribution in [1.29, 1.82) is 0 Å². The molecular formula is C11H12O2S. The van der Waals surface area contributed by atoms with Gasteiger partial charge in [0.05, 0.1) is 0 Å². The predicted molar refractivity (Wildman–Crippen MR) is 59.7 cm³/mol. The van der Waals surface area contributed by atoms with Crippen molar-refractivity contribution in [2.45, 2.75) is 12.8 Å². The van der Waals surface area contributed by atoms with Crippen LogP contribution in [0.15, 0.2) is 36.9 Å². The maximum atomic E-state index is 10.2. The normalized spacial score (nSPS) is 9.43. The topological polar surface area (TPSA) is 34.1 Å². The lowest BCUT2D eigenvalue weighted by atomic mass is 10.0. The Morgan fingerprint density at radius 1 is 1.29 bits per heavy atom. The molecule has 0 unspecified atom stereocenters. The molecule has 1 rings (SSSR count). The van der Waals surface area contributed by atoms with Crippen molar-refractivity contribution >= 4 is 21.2 Å². The molecule has 0 atom stereocenters. The SMILES string of the molecule is C=C(CCC=S(=O)=O)c1ccccc1. The summed E-state index contributed by atoms with van der Waals surface area (Å²) in [7, 11) is -2.05. The van der Waals surface area contributed by atoms with Crippen molar-refractivity contribution in [2.24, 2.45) is 0 Å². The Morgan fingerprint density at radius 2 is 1.93 bits per heavy atom. The number of rotatable bonds is 4. The zero-order valence-corrected chi connectivity index (χ0v) is 8.63. The van der Waals surface area contributed by atoms with Gasteiger partial charge in [0.25, 0.3) is 0 Å². The summed E-state index contributed by atoms with van der Waals surface area (Å²) in [6.45, 7) is 3.90. The molecule has 0 aliphatic heterocycles. The Labute approximate surface area is 85.4 Å². The molecule has 2 nitrogen and oxygen atoms in total. The highest BCUT2D eigenvalue weighted by Crippen LogP contribution is 2.16. The second-order valence-corrected chi connectivity index (χ2v) is 3.79. The maximum absolute atomic E-state index is 10.2. The molecule has 0 aromatic heterocycles. The summed E-state index contributed by atoms with van der Waals surface area (Å²) < 4.78 is 20.5. The Bertz CT molecular complexity index is 422. The Morgan fingerprint density at radius 3 is 2.50 bits per heavy atom. The standard InChI is InChI=1S/C11H12O2S/c1-10(6-5-9-14(12)13)11-7-3-2-4-8-11/h2-4,7-9H,1,5-6H2. The quantitative estimate of drug-likeness (QED) is 0.710. The summed E-state index contributed by atoms with van der Waals surface area (Å²) in [5.74, 6) is 0. The molecule has 0 amide bonds. The van der Waals surface area contributed by atoms with Gasteiger partial charge in [0.15, 0.2) is 0 Å². The first-order valence-corrected chi connectivity index (χ1v) is 5.48. The minimum absolute atomic E-state index is 0.518. The molecule has 0 saturated heterocycles. The Balaban J connectivity index is 2.56. The lowest BCUT2D eigenvalue weighted by Crippen LogP contribution is -1.84. The summed E-state index contributed by atoms with van der Waals surface area (Å²) in [5.41, 5.74) is 2.03. The molecule has 0 saturated carbocycles. The molecule has 14 heavy (non-hydrogen) atoms.